The average Bonchev–Trinajstić information content (AvgIpc) is 3.01. The van der Waals surface area contributed by atoms with Gasteiger partial charge in [-0.05, 0) is 23.5 Å². The Morgan fingerprint density at radius 2 is 2.04 bits per heavy atom. The summed E-state index contributed by atoms with van der Waals surface area (Å²) < 4.78 is 0. The molecule has 6 nitrogen and oxygen atoms in total. The van der Waals surface area contributed by atoms with Crippen LogP contribution in [-0.4, -0.2) is 32.2 Å². The Bertz CT molecular complexity index is 654. The van der Waals surface area contributed by atoms with Crippen LogP contribution < -0.4 is 5.32 Å². The molecule has 0 spiro atoms. The molecule has 1 aliphatic rings. The number of amides is 1. The molecule has 6 heteroatoms. The second-order valence-electron chi connectivity index (χ2n) is 6.45. The maximum Gasteiger partial charge on any atom is 0.243 e. The van der Waals surface area contributed by atoms with E-state index < -0.39 is 0 Å². The second-order valence-corrected chi connectivity index (χ2v) is 6.45. The maximum atomic E-state index is 12.2. The Hall–Kier alpha value is -2.24. The van der Waals surface area contributed by atoms with Gasteiger partial charge in [-0.25, -0.2) is 0 Å². The summed E-state index contributed by atoms with van der Waals surface area (Å²) >= 11 is 0. The van der Waals surface area contributed by atoms with E-state index in [-0.39, 0.29) is 18.5 Å². The van der Waals surface area contributed by atoms with E-state index in [0.717, 1.165) is 12.0 Å². The highest BCUT2D eigenvalue weighted by Crippen LogP contribution is 2.29. The lowest BCUT2D eigenvalue weighted by Gasteiger charge is -2.34. The van der Waals surface area contributed by atoms with E-state index in [1.807, 2.05) is 30.3 Å². The number of hydrogen-bond acceptors (Lipinski definition) is 4. The molecule has 1 fully saturated rings. The van der Waals surface area contributed by atoms with Crippen LogP contribution in [0.5, 0.6) is 0 Å². The van der Waals surface area contributed by atoms with Gasteiger partial charge in [-0.15, -0.1) is 10.2 Å². The third-order valence-corrected chi connectivity index (χ3v) is 4.82. The van der Waals surface area contributed by atoms with Gasteiger partial charge in [0.1, 0.15) is 6.54 Å². The number of nitrogens with one attached hydrogen (secondary N) is 1. The Balaban J connectivity index is 1.59. The summed E-state index contributed by atoms with van der Waals surface area (Å²) in [5.41, 5.74) is 0.897. The van der Waals surface area contributed by atoms with E-state index in [1.165, 1.54) is 17.6 Å². The largest absolute Gasteiger partial charge is 0.351 e. The van der Waals surface area contributed by atoms with Crippen LogP contribution in [0.4, 0.5) is 0 Å². The first-order chi connectivity index (χ1) is 11.1. The number of carbonyl (C=O) groups excluding carboxylic acids is 1. The first-order valence-electron chi connectivity index (χ1n) is 8.26. The fourth-order valence-electron chi connectivity index (χ4n) is 3.18. The van der Waals surface area contributed by atoms with Gasteiger partial charge in [-0.1, -0.05) is 57.0 Å². The van der Waals surface area contributed by atoms with Crippen molar-refractivity contribution in [1.82, 2.24) is 25.5 Å². The number of rotatable bonds is 4. The zero-order chi connectivity index (χ0) is 16.2. The van der Waals surface area contributed by atoms with E-state index in [1.54, 1.807) is 0 Å². The minimum Gasteiger partial charge on any atom is -0.351 e. The van der Waals surface area contributed by atoms with E-state index in [2.05, 4.69) is 34.6 Å². The van der Waals surface area contributed by atoms with Crippen molar-refractivity contribution in [2.45, 2.75) is 45.7 Å². The molecule has 0 unspecified atom stereocenters. The molecule has 0 aliphatic heterocycles. The molecule has 1 N–H and O–H groups in total. The summed E-state index contributed by atoms with van der Waals surface area (Å²) in [6.07, 6.45) is 3.48. The third-order valence-electron chi connectivity index (χ3n) is 4.82. The number of hydrogen-bond donors (Lipinski definition) is 1. The van der Waals surface area contributed by atoms with Crippen molar-refractivity contribution in [3.05, 3.63) is 30.3 Å². The van der Waals surface area contributed by atoms with Crippen molar-refractivity contribution >= 4 is 5.91 Å². The van der Waals surface area contributed by atoms with Crippen LogP contribution >= 0.6 is 0 Å². The molecular formula is C17H23N5O. The molecule has 0 saturated heterocycles. The average molecular weight is 313 g/mol. The van der Waals surface area contributed by atoms with Gasteiger partial charge < -0.3 is 5.32 Å². The van der Waals surface area contributed by atoms with Crippen molar-refractivity contribution in [3.63, 3.8) is 0 Å². The van der Waals surface area contributed by atoms with E-state index in [9.17, 15) is 4.79 Å². The Labute approximate surface area is 136 Å². The first-order valence-corrected chi connectivity index (χ1v) is 8.26. The second kappa shape index (κ2) is 6.89. The predicted molar refractivity (Wildman–Crippen MR) is 87.4 cm³/mol. The monoisotopic (exact) mass is 313 g/mol. The Kier molecular flexibility index (Phi) is 4.69. The molecule has 1 aromatic carbocycles. The highest BCUT2D eigenvalue weighted by atomic mass is 16.2. The van der Waals surface area contributed by atoms with Gasteiger partial charge in [-0.3, -0.25) is 4.79 Å². The summed E-state index contributed by atoms with van der Waals surface area (Å²) in [4.78, 5) is 13.6. The lowest BCUT2D eigenvalue weighted by Crippen LogP contribution is -2.45. The SMILES string of the molecule is C[C@@H]1[C@H](C)CCC[C@@H]1NC(=O)Cn1nnc(-c2ccccc2)n1. The quantitative estimate of drug-likeness (QED) is 0.940. The zero-order valence-corrected chi connectivity index (χ0v) is 13.6. The predicted octanol–water partition coefficient (Wildman–Crippen LogP) is 2.28. The van der Waals surface area contributed by atoms with Gasteiger partial charge in [0.2, 0.25) is 11.7 Å². The van der Waals surface area contributed by atoms with Gasteiger partial charge in [0.05, 0.1) is 0 Å². The molecular weight excluding hydrogens is 290 g/mol. The Morgan fingerprint density at radius 3 is 2.83 bits per heavy atom. The van der Waals surface area contributed by atoms with Crippen molar-refractivity contribution in [1.29, 1.82) is 0 Å². The summed E-state index contributed by atoms with van der Waals surface area (Å²) in [5, 5.41) is 15.4. The number of tetrazole rings is 1. The third kappa shape index (κ3) is 3.75. The van der Waals surface area contributed by atoms with E-state index in [0.29, 0.717) is 17.7 Å². The van der Waals surface area contributed by atoms with Crippen molar-refractivity contribution in [2.24, 2.45) is 11.8 Å². The minimum absolute atomic E-state index is 0.0482. The van der Waals surface area contributed by atoms with Crippen molar-refractivity contribution in [2.75, 3.05) is 0 Å². The lowest BCUT2D eigenvalue weighted by atomic mass is 9.78. The molecule has 1 aliphatic carbocycles. The summed E-state index contributed by atoms with van der Waals surface area (Å²) in [7, 11) is 0. The summed E-state index contributed by atoms with van der Waals surface area (Å²) in [5.74, 6) is 1.66. The molecule has 1 heterocycles. The molecule has 2 aromatic rings. The molecule has 1 saturated carbocycles. The number of benzene rings is 1. The highest BCUT2D eigenvalue weighted by molar-refractivity contribution is 5.75. The summed E-state index contributed by atoms with van der Waals surface area (Å²) in [6, 6.07) is 9.89. The number of nitrogens with zero attached hydrogens (tertiary/aromatic N) is 4. The molecule has 23 heavy (non-hydrogen) atoms. The van der Waals surface area contributed by atoms with Gasteiger partial charge in [0.15, 0.2) is 0 Å². The van der Waals surface area contributed by atoms with E-state index >= 15 is 0 Å². The van der Waals surface area contributed by atoms with Crippen molar-refractivity contribution in [3.8, 4) is 11.4 Å². The molecule has 0 radical (unpaired) electrons. The minimum atomic E-state index is -0.0482. The van der Waals surface area contributed by atoms with Crippen LogP contribution in [0.25, 0.3) is 11.4 Å². The molecule has 122 valence electrons. The topological polar surface area (TPSA) is 72.7 Å². The standard InChI is InChI=1S/C17H23N5O/c1-12-7-6-10-15(13(12)2)18-16(23)11-22-20-17(19-21-22)14-8-4-3-5-9-14/h3-5,8-9,12-13,15H,6-7,10-11H2,1-2H3,(H,18,23)/t12-,13-,15+/m1/s1. The molecule has 1 aromatic heterocycles. The van der Waals surface area contributed by atoms with Gasteiger partial charge >= 0.3 is 0 Å². The normalized spacial score (nSPS) is 24.3. The smallest absolute Gasteiger partial charge is 0.243 e. The first kappa shape index (κ1) is 15.6. The van der Waals surface area contributed by atoms with Crippen LogP contribution in [0.15, 0.2) is 30.3 Å². The van der Waals surface area contributed by atoms with Crippen LogP contribution in [0.3, 0.4) is 0 Å². The highest BCUT2D eigenvalue weighted by Gasteiger charge is 2.28. The molecule has 0 bridgehead atoms. The van der Waals surface area contributed by atoms with Gasteiger partial charge in [0, 0.05) is 11.6 Å². The molecule has 1 amide bonds. The number of carbonyl (C=O) groups is 1. The molecule has 3 atom stereocenters. The number of aromatic nitrogens is 4. The van der Waals surface area contributed by atoms with Crippen molar-refractivity contribution < 1.29 is 4.79 Å². The zero-order valence-electron chi connectivity index (χ0n) is 13.6. The van der Waals surface area contributed by atoms with E-state index in [4.69, 9.17) is 0 Å². The van der Waals surface area contributed by atoms with Crippen LogP contribution in [0.1, 0.15) is 33.1 Å². The van der Waals surface area contributed by atoms with Crippen LogP contribution in [0, 0.1) is 11.8 Å². The van der Waals surface area contributed by atoms with Crippen LogP contribution in [0.2, 0.25) is 0 Å². The summed E-state index contributed by atoms with van der Waals surface area (Å²) in [6.45, 7) is 4.58. The van der Waals surface area contributed by atoms with Gasteiger partial charge in [-0.2, -0.15) is 4.80 Å². The Morgan fingerprint density at radius 1 is 1.26 bits per heavy atom. The lowest BCUT2D eigenvalue weighted by molar-refractivity contribution is -0.123. The van der Waals surface area contributed by atoms with Gasteiger partial charge in [0.25, 0.3) is 0 Å². The van der Waals surface area contributed by atoms with Crippen LogP contribution in [-0.2, 0) is 11.3 Å². The molecule has 3 rings (SSSR count). The maximum absolute atomic E-state index is 12.2. The fraction of sp³-hybridized carbons (Fsp3) is 0.529. The fourth-order valence-corrected chi connectivity index (χ4v) is 3.18.